The van der Waals surface area contributed by atoms with Gasteiger partial charge in [0, 0.05) is 18.3 Å². The lowest BCUT2D eigenvalue weighted by Crippen LogP contribution is -2.31. The third-order valence-electron chi connectivity index (χ3n) is 5.45. The van der Waals surface area contributed by atoms with Crippen LogP contribution >= 0.6 is 0 Å². The Labute approximate surface area is 171 Å². The summed E-state index contributed by atoms with van der Waals surface area (Å²) in [4.78, 5) is 31.7. The minimum absolute atomic E-state index is 0.247. The zero-order valence-electron chi connectivity index (χ0n) is 16.1. The van der Waals surface area contributed by atoms with Crippen molar-refractivity contribution in [2.75, 3.05) is 6.54 Å². The molecule has 0 bridgehead atoms. The van der Waals surface area contributed by atoms with E-state index in [0.717, 1.165) is 11.1 Å². The first-order valence-electron chi connectivity index (χ1n) is 9.58. The van der Waals surface area contributed by atoms with Gasteiger partial charge in [0.15, 0.2) is 5.65 Å². The Bertz CT molecular complexity index is 1310. The smallest absolute Gasteiger partial charge is 0.263 e. The first-order valence-corrected chi connectivity index (χ1v) is 9.58. The zero-order chi connectivity index (χ0) is 20.8. The van der Waals surface area contributed by atoms with Crippen LogP contribution in [-0.4, -0.2) is 38.4 Å². The number of hydrogen-bond acceptors (Lipinski definition) is 4. The number of nitrogens with one attached hydrogen (secondary N) is 1. The van der Waals surface area contributed by atoms with Crippen molar-refractivity contribution in [1.29, 1.82) is 0 Å². The van der Waals surface area contributed by atoms with Gasteiger partial charge in [0.05, 0.1) is 16.5 Å². The second-order valence-electron chi connectivity index (χ2n) is 7.30. The molecule has 30 heavy (non-hydrogen) atoms. The number of carbonyl (C=O) groups excluding carboxylic acids is 2. The quantitative estimate of drug-likeness (QED) is 0.527. The summed E-state index contributed by atoms with van der Waals surface area (Å²) in [5.74, 6) is -1.15. The number of H-pyrrole nitrogens is 1. The number of aryl methyl sites for hydroxylation is 1. The van der Waals surface area contributed by atoms with E-state index < -0.39 is 5.82 Å². The molecule has 0 fully saturated rings. The Morgan fingerprint density at radius 2 is 1.83 bits per heavy atom. The van der Waals surface area contributed by atoms with Gasteiger partial charge < -0.3 is 0 Å². The minimum Gasteiger partial charge on any atom is -0.274 e. The fourth-order valence-electron chi connectivity index (χ4n) is 3.88. The molecule has 1 N–H and O–H groups in total. The van der Waals surface area contributed by atoms with Crippen LogP contribution in [-0.2, 0) is 6.42 Å². The van der Waals surface area contributed by atoms with Crippen molar-refractivity contribution in [1.82, 2.24) is 20.1 Å². The lowest BCUT2D eigenvalue weighted by molar-refractivity contribution is 0.0656. The van der Waals surface area contributed by atoms with Crippen LogP contribution in [0, 0.1) is 12.7 Å². The number of aromatic amines is 1. The van der Waals surface area contributed by atoms with E-state index in [1.807, 2.05) is 37.3 Å². The van der Waals surface area contributed by atoms with Crippen LogP contribution in [0.1, 0.15) is 31.8 Å². The summed E-state index contributed by atoms with van der Waals surface area (Å²) in [6.45, 7) is 2.11. The summed E-state index contributed by atoms with van der Waals surface area (Å²) in [5.41, 5.74) is 3.72. The van der Waals surface area contributed by atoms with Gasteiger partial charge in [-0.1, -0.05) is 36.4 Å². The van der Waals surface area contributed by atoms with E-state index >= 15 is 0 Å². The molecule has 2 aromatic carbocycles. The summed E-state index contributed by atoms with van der Waals surface area (Å²) in [6, 6.07) is 14.1. The van der Waals surface area contributed by atoms with Gasteiger partial charge in [-0.2, -0.15) is 5.10 Å². The highest BCUT2D eigenvalue weighted by atomic mass is 19.1. The van der Waals surface area contributed by atoms with Crippen LogP contribution in [0.4, 0.5) is 4.39 Å². The molecule has 0 unspecified atom stereocenters. The minimum atomic E-state index is -0.404. The number of benzene rings is 2. The molecule has 1 aliphatic rings. The van der Waals surface area contributed by atoms with Crippen LogP contribution < -0.4 is 0 Å². The Morgan fingerprint density at radius 1 is 1.03 bits per heavy atom. The largest absolute Gasteiger partial charge is 0.274 e. The van der Waals surface area contributed by atoms with Crippen LogP contribution in [0.5, 0.6) is 0 Å². The van der Waals surface area contributed by atoms with E-state index in [-0.39, 0.29) is 29.5 Å². The molecule has 0 aliphatic carbocycles. The van der Waals surface area contributed by atoms with E-state index in [1.54, 1.807) is 6.07 Å². The monoisotopic (exact) mass is 400 g/mol. The molecular formula is C23H17FN4O2. The van der Waals surface area contributed by atoms with Crippen LogP contribution in [0.15, 0.2) is 54.7 Å². The van der Waals surface area contributed by atoms with Gasteiger partial charge in [-0.05, 0) is 36.6 Å². The maximum Gasteiger partial charge on any atom is 0.263 e. The lowest BCUT2D eigenvalue weighted by atomic mass is 9.99. The van der Waals surface area contributed by atoms with Crippen LogP contribution in [0.3, 0.4) is 0 Å². The van der Waals surface area contributed by atoms with Crippen molar-refractivity contribution in [2.24, 2.45) is 0 Å². The van der Waals surface area contributed by atoms with Gasteiger partial charge in [-0.15, -0.1) is 0 Å². The molecule has 0 atom stereocenters. The molecule has 148 valence electrons. The highest BCUT2D eigenvalue weighted by Gasteiger charge is 2.38. The summed E-state index contributed by atoms with van der Waals surface area (Å²) >= 11 is 0. The number of aromatic nitrogens is 3. The number of carbonyl (C=O) groups is 2. The number of fused-ring (bicyclic) bond motifs is 3. The molecule has 5 rings (SSSR count). The first kappa shape index (κ1) is 18.2. The van der Waals surface area contributed by atoms with Gasteiger partial charge >= 0.3 is 0 Å². The molecule has 1 aliphatic heterocycles. The standard InChI is InChI=1S/C23H17FN4O2/c1-13-7-8-15(24)11-16(13)20-19-18-17(12-25-21(19)27-26-20)22(29)28(23(18)30)10-9-14-5-3-2-4-6-14/h2-8,11-12H,9-10H2,1H3,(H,25,26,27). The van der Waals surface area contributed by atoms with Crippen molar-refractivity contribution >= 4 is 22.8 Å². The predicted octanol–water partition coefficient (Wildman–Crippen LogP) is 3.91. The first-order chi connectivity index (χ1) is 14.5. The molecule has 2 aromatic heterocycles. The van der Waals surface area contributed by atoms with Gasteiger partial charge in [-0.25, -0.2) is 9.37 Å². The average molecular weight is 400 g/mol. The van der Waals surface area contributed by atoms with Crippen molar-refractivity contribution in [2.45, 2.75) is 13.3 Å². The second kappa shape index (κ2) is 6.88. The van der Waals surface area contributed by atoms with Crippen LogP contribution in [0.2, 0.25) is 0 Å². The number of nitrogens with zero attached hydrogens (tertiary/aromatic N) is 3. The third kappa shape index (κ3) is 2.78. The lowest BCUT2D eigenvalue weighted by Gasteiger charge is -2.13. The van der Waals surface area contributed by atoms with Gasteiger partial charge in [0.2, 0.25) is 0 Å². The summed E-state index contributed by atoms with van der Waals surface area (Å²) in [5, 5.41) is 7.54. The number of imide groups is 1. The molecule has 2 amide bonds. The molecule has 0 saturated carbocycles. The molecule has 0 spiro atoms. The fraction of sp³-hybridized carbons (Fsp3) is 0.130. The van der Waals surface area contributed by atoms with E-state index in [2.05, 4.69) is 15.2 Å². The molecule has 4 aromatic rings. The molecular weight excluding hydrogens is 383 g/mol. The van der Waals surface area contributed by atoms with Gasteiger partial charge in [0.1, 0.15) is 11.5 Å². The third-order valence-corrected chi connectivity index (χ3v) is 5.45. The van der Waals surface area contributed by atoms with E-state index in [1.165, 1.54) is 23.2 Å². The summed E-state index contributed by atoms with van der Waals surface area (Å²) < 4.78 is 13.9. The molecule has 7 heteroatoms. The SMILES string of the molecule is Cc1ccc(F)cc1-c1n[nH]c2ncc3c(c12)C(=O)N(CCc1ccccc1)C3=O. The second-order valence-corrected chi connectivity index (χ2v) is 7.30. The van der Waals surface area contributed by atoms with Gasteiger partial charge in [0.25, 0.3) is 11.8 Å². The predicted molar refractivity (Wildman–Crippen MR) is 110 cm³/mol. The number of pyridine rings is 1. The van der Waals surface area contributed by atoms with Crippen molar-refractivity contribution in [3.8, 4) is 11.3 Å². The number of rotatable bonds is 4. The highest BCUT2D eigenvalue weighted by molar-refractivity contribution is 6.27. The number of amides is 2. The summed E-state index contributed by atoms with van der Waals surface area (Å²) in [6.07, 6.45) is 1.96. The van der Waals surface area contributed by atoms with Crippen LogP contribution in [0.25, 0.3) is 22.3 Å². The molecule has 3 heterocycles. The molecule has 0 saturated heterocycles. The zero-order valence-corrected chi connectivity index (χ0v) is 16.1. The normalized spacial score (nSPS) is 13.3. The Hall–Kier alpha value is -3.87. The Kier molecular flexibility index (Phi) is 4.17. The van der Waals surface area contributed by atoms with Crippen molar-refractivity contribution in [3.63, 3.8) is 0 Å². The average Bonchev–Trinajstić information content (AvgIpc) is 3.28. The maximum atomic E-state index is 13.9. The number of hydrogen-bond donors (Lipinski definition) is 1. The number of halogens is 1. The fourth-order valence-corrected chi connectivity index (χ4v) is 3.88. The van der Waals surface area contributed by atoms with E-state index in [4.69, 9.17) is 0 Å². The summed E-state index contributed by atoms with van der Waals surface area (Å²) in [7, 11) is 0. The van der Waals surface area contributed by atoms with E-state index in [0.29, 0.717) is 28.7 Å². The Morgan fingerprint density at radius 3 is 2.63 bits per heavy atom. The maximum absolute atomic E-state index is 13.9. The van der Waals surface area contributed by atoms with Crippen molar-refractivity contribution in [3.05, 3.63) is 82.8 Å². The molecule has 6 nitrogen and oxygen atoms in total. The topological polar surface area (TPSA) is 79.0 Å². The van der Waals surface area contributed by atoms with Crippen molar-refractivity contribution < 1.29 is 14.0 Å². The highest BCUT2D eigenvalue weighted by Crippen LogP contribution is 2.35. The van der Waals surface area contributed by atoms with E-state index in [9.17, 15) is 14.0 Å². The molecule has 0 radical (unpaired) electrons. The van der Waals surface area contributed by atoms with Gasteiger partial charge in [-0.3, -0.25) is 19.6 Å². The Balaban J connectivity index is 1.59.